The van der Waals surface area contributed by atoms with Gasteiger partial charge >= 0.3 is 0 Å². The quantitative estimate of drug-likeness (QED) is 0.808. The van der Waals surface area contributed by atoms with Crippen LogP contribution in [0.5, 0.6) is 0 Å². The first-order valence-electron chi connectivity index (χ1n) is 9.12. The average molecular weight is 355 g/mol. The highest BCUT2D eigenvalue weighted by atomic mass is 35.5. The second kappa shape index (κ2) is 7.19. The Morgan fingerprint density at radius 2 is 1.72 bits per heavy atom. The number of carbonyl (C=O) groups excluding carboxylic acids is 1. The molecule has 0 spiro atoms. The Morgan fingerprint density at radius 1 is 0.960 bits per heavy atom. The Morgan fingerprint density at radius 3 is 2.48 bits per heavy atom. The summed E-state index contributed by atoms with van der Waals surface area (Å²) in [6.07, 6.45) is 4.84. The van der Waals surface area contributed by atoms with Crippen LogP contribution in [0.15, 0.2) is 42.5 Å². The number of benzene rings is 2. The number of carbonyl (C=O) groups is 1. The molecule has 0 radical (unpaired) electrons. The molecule has 0 aromatic heterocycles. The van der Waals surface area contributed by atoms with Crippen molar-refractivity contribution in [3.05, 3.63) is 64.2 Å². The minimum atomic E-state index is 0.0607. The van der Waals surface area contributed by atoms with Crippen LogP contribution in [0, 0.1) is 0 Å². The van der Waals surface area contributed by atoms with E-state index in [0.29, 0.717) is 5.02 Å². The van der Waals surface area contributed by atoms with Gasteiger partial charge in [-0.2, -0.15) is 0 Å². The van der Waals surface area contributed by atoms with Gasteiger partial charge < -0.3 is 4.90 Å². The molecule has 0 unspecified atom stereocenters. The molecule has 1 amide bonds. The number of amides is 1. The molecule has 2 aliphatic rings. The van der Waals surface area contributed by atoms with E-state index >= 15 is 0 Å². The molecule has 25 heavy (non-hydrogen) atoms. The van der Waals surface area contributed by atoms with Gasteiger partial charge in [0, 0.05) is 29.4 Å². The van der Waals surface area contributed by atoms with Crippen molar-refractivity contribution in [2.45, 2.75) is 32.2 Å². The summed E-state index contributed by atoms with van der Waals surface area (Å²) in [5.41, 5.74) is 4.17. The number of rotatable bonds is 3. The maximum atomic E-state index is 12.9. The number of anilines is 1. The van der Waals surface area contributed by atoms with E-state index < -0.39 is 0 Å². The summed E-state index contributed by atoms with van der Waals surface area (Å²) in [5.74, 6) is 0.0607. The predicted octanol–water partition coefficient (Wildman–Crippen LogP) is 4.53. The summed E-state index contributed by atoms with van der Waals surface area (Å²) in [6.45, 7) is 4.08. The largest absolute Gasteiger partial charge is 0.308 e. The maximum Gasteiger partial charge on any atom is 0.258 e. The summed E-state index contributed by atoms with van der Waals surface area (Å²) in [4.78, 5) is 17.2. The van der Waals surface area contributed by atoms with Gasteiger partial charge in [-0.1, -0.05) is 36.2 Å². The summed E-state index contributed by atoms with van der Waals surface area (Å²) < 4.78 is 0. The highest BCUT2D eigenvalue weighted by Gasteiger charge is 2.25. The second-order valence-electron chi connectivity index (χ2n) is 7.01. The molecule has 2 aromatic rings. The van der Waals surface area contributed by atoms with Crippen LogP contribution in [-0.2, 0) is 13.0 Å². The van der Waals surface area contributed by atoms with Crippen LogP contribution in [0.25, 0.3) is 0 Å². The molecule has 2 aliphatic heterocycles. The Labute approximate surface area is 154 Å². The van der Waals surface area contributed by atoms with Gasteiger partial charge in [-0.05, 0) is 67.7 Å². The van der Waals surface area contributed by atoms with Crippen molar-refractivity contribution in [2.24, 2.45) is 0 Å². The molecule has 2 aromatic carbocycles. The fourth-order valence-corrected chi connectivity index (χ4v) is 4.01. The first kappa shape index (κ1) is 16.6. The lowest BCUT2D eigenvalue weighted by Crippen LogP contribution is -2.29. The van der Waals surface area contributed by atoms with Crippen LogP contribution in [0.3, 0.4) is 0 Å². The third-order valence-electron chi connectivity index (χ3n) is 5.24. The standard InChI is InChI=1S/C21H23ClN2O/c22-19-9-8-17-10-13-24(20(17)14-19)21(25)18-6-4-16(5-7-18)15-23-11-2-1-3-12-23/h4-9,14H,1-3,10-13,15H2. The molecule has 0 bridgehead atoms. The Hall–Kier alpha value is -1.84. The smallest absolute Gasteiger partial charge is 0.258 e. The van der Waals surface area contributed by atoms with Crippen LogP contribution in [0.1, 0.15) is 40.7 Å². The number of nitrogens with zero attached hydrogens (tertiary/aromatic N) is 2. The summed E-state index contributed by atoms with van der Waals surface area (Å²) in [6, 6.07) is 13.9. The minimum absolute atomic E-state index is 0.0607. The van der Waals surface area contributed by atoms with Crippen molar-refractivity contribution in [3.63, 3.8) is 0 Å². The third kappa shape index (κ3) is 3.58. The zero-order chi connectivity index (χ0) is 17.2. The first-order chi connectivity index (χ1) is 12.2. The van der Waals surface area contributed by atoms with Crippen molar-refractivity contribution < 1.29 is 4.79 Å². The fraction of sp³-hybridized carbons (Fsp3) is 0.381. The average Bonchev–Trinajstić information content (AvgIpc) is 3.05. The van der Waals surface area contributed by atoms with E-state index in [1.165, 1.54) is 43.5 Å². The topological polar surface area (TPSA) is 23.6 Å². The number of likely N-dealkylation sites (tertiary alicyclic amines) is 1. The van der Waals surface area contributed by atoms with Gasteiger partial charge in [0.05, 0.1) is 0 Å². The molecule has 1 saturated heterocycles. The van der Waals surface area contributed by atoms with Crippen LogP contribution >= 0.6 is 11.6 Å². The molecule has 0 N–H and O–H groups in total. The second-order valence-corrected chi connectivity index (χ2v) is 7.45. The van der Waals surface area contributed by atoms with E-state index in [1.807, 2.05) is 35.2 Å². The normalized spacial score (nSPS) is 17.6. The first-order valence-corrected chi connectivity index (χ1v) is 9.50. The highest BCUT2D eigenvalue weighted by Crippen LogP contribution is 2.31. The van der Waals surface area contributed by atoms with E-state index in [2.05, 4.69) is 17.0 Å². The van der Waals surface area contributed by atoms with Crippen molar-refractivity contribution in [1.29, 1.82) is 0 Å². The number of piperidine rings is 1. The van der Waals surface area contributed by atoms with Gasteiger partial charge in [-0.15, -0.1) is 0 Å². The lowest BCUT2D eigenvalue weighted by molar-refractivity contribution is 0.0989. The van der Waals surface area contributed by atoms with Gasteiger partial charge in [0.15, 0.2) is 0 Å². The molecule has 0 atom stereocenters. The highest BCUT2D eigenvalue weighted by molar-refractivity contribution is 6.31. The zero-order valence-corrected chi connectivity index (χ0v) is 15.1. The molecule has 3 nitrogen and oxygen atoms in total. The number of halogens is 1. The maximum absolute atomic E-state index is 12.9. The van der Waals surface area contributed by atoms with Gasteiger partial charge in [0.2, 0.25) is 0 Å². The van der Waals surface area contributed by atoms with Gasteiger partial charge in [0.25, 0.3) is 5.91 Å². The minimum Gasteiger partial charge on any atom is -0.308 e. The van der Waals surface area contributed by atoms with E-state index in [9.17, 15) is 4.79 Å². The molecule has 0 saturated carbocycles. The molecule has 4 rings (SSSR count). The molecular formula is C21H23ClN2O. The van der Waals surface area contributed by atoms with Gasteiger partial charge in [-0.25, -0.2) is 0 Å². The monoisotopic (exact) mass is 354 g/mol. The van der Waals surface area contributed by atoms with E-state index in [1.54, 1.807) is 0 Å². The summed E-state index contributed by atoms with van der Waals surface area (Å²) in [7, 11) is 0. The van der Waals surface area contributed by atoms with Crippen LogP contribution < -0.4 is 4.90 Å². The molecule has 4 heteroatoms. The van der Waals surface area contributed by atoms with Gasteiger partial charge in [-0.3, -0.25) is 9.69 Å². The fourth-order valence-electron chi connectivity index (χ4n) is 3.85. The van der Waals surface area contributed by atoms with E-state index in [4.69, 9.17) is 11.6 Å². The Bertz CT molecular complexity index is 766. The lowest BCUT2D eigenvalue weighted by Gasteiger charge is -2.26. The molecule has 0 aliphatic carbocycles. The zero-order valence-electron chi connectivity index (χ0n) is 14.4. The van der Waals surface area contributed by atoms with Crippen LogP contribution in [0.2, 0.25) is 5.02 Å². The van der Waals surface area contributed by atoms with E-state index in [-0.39, 0.29) is 5.91 Å². The Balaban J connectivity index is 1.47. The SMILES string of the molecule is O=C(c1ccc(CN2CCCCC2)cc1)N1CCc2ccc(Cl)cc21. The number of hydrogen-bond acceptors (Lipinski definition) is 2. The van der Waals surface area contributed by atoms with E-state index in [0.717, 1.165) is 30.8 Å². The van der Waals surface area contributed by atoms with Crippen LogP contribution in [0.4, 0.5) is 5.69 Å². The summed E-state index contributed by atoms with van der Waals surface area (Å²) in [5, 5.41) is 0.676. The number of fused-ring (bicyclic) bond motifs is 1. The molecule has 2 heterocycles. The van der Waals surface area contributed by atoms with Gasteiger partial charge in [0.1, 0.15) is 0 Å². The molecular weight excluding hydrogens is 332 g/mol. The third-order valence-corrected chi connectivity index (χ3v) is 5.48. The van der Waals surface area contributed by atoms with Crippen LogP contribution in [-0.4, -0.2) is 30.4 Å². The van der Waals surface area contributed by atoms with Crippen molar-refractivity contribution >= 4 is 23.2 Å². The summed E-state index contributed by atoms with van der Waals surface area (Å²) >= 11 is 6.11. The Kier molecular flexibility index (Phi) is 4.78. The van der Waals surface area contributed by atoms with Crippen molar-refractivity contribution in [3.8, 4) is 0 Å². The lowest BCUT2D eigenvalue weighted by atomic mass is 10.1. The molecule has 130 valence electrons. The molecule has 1 fully saturated rings. The predicted molar refractivity (Wildman–Crippen MR) is 102 cm³/mol. The van der Waals surface area contributed by atoms with Crippen molar-refractivity contribution in [1.82, 2.24) is 4.90 Å². The van der Waals surface area contributed by atoms with Crippen molar-refractivity contribution in [2.75, 3.05) is 24.5 Å². The number of hydrogen-bond donors (Lipinski definition) is 0.